The summed E-state index contributed by atoms with van der Waals surface area (Å²) in [5, 5.41) is 17.9. The largest absolute Gasteiger partial charge is 0.352 e. The first-order chi connectivity index (χ1) is 11.4. The topological polar surface area (TPSA) is 84.5 Å². The average Bonchev–Trinajstić information content (AvgIpc) is 2.82. The number of guanidine groups is 1. The number of aromatic nitrogens is 1. The van der Waals surface area contributed by atoms with Crippen LogP contribution in [0.4, 0.5) is 5.69 Å². The highest BCUT2D eigenvalue weighted by Crippen LogP contribution is 2.24. The molecule has 0 aliphatic rings. The van der Waals surface area contributed by atoms with E-state index < -0.39 is 4.92 Å². The van der Waals surface area contributed by atoms with Crippen LogP contribution in [-0.2, 0) is 20.1 Å². The number of aliphatic imine (C=N–C) groups is 1. The van der Waals surface area contributed by atoms with Crippen molar-refractivity contribution < 1.29 is 4.92 Å². The predicted octanol–water partition coefficient (Wildman–Crippen LogP) is 3.72. The van der Waals surface area contributed by atoms with Gasteiger partial charge in [0.05, 0.1) is 16.5 Å². The van der Waals surface area contributed by atoms with Crippen LogP contribution in [0.5, 0.6) is 0 Å². The van der Waals surface area contributed by atoms with E-state index in [1.807, 2.05) is 7.05 Å². The number of hydrogen-bond donors (Lipinski definition) is 2. The Morgan fingerprint density at radius 1 is 1.24 bits per heavy atom. The van der Waals surface area contributed by atoms with E-state index in [2.05, 4.69) is 15.6 Å². The number of nitrogens with zero attached hydrogens (tertiary/aromatic N) is 3. The lowest BCUT2D eigenvalue weighted by molar-refractivity contribution is -0.384. The van der Waals surface area contributed by atoms with Crippen molar-refractivity contribution >= 4 is 58.8 Å². The fraction of sp³-hybridized carbons (Fsp3) is 0.267. The minimum Gasteiger partial charge on any atom is -0.352 e. The number of nitro benzene ring substituents is 1. The SMILES string of the molecule is CN=C(NCc1ccc([N+](=O)[O-])cc1)NCc1cc(Cl)c(Cl)n1C.I. The van der Waals surface area contributed by atoms with E-state index in [1.54, 1.807) is 29.8 Å². The summed E-state index contributed by atoms with van der Waals surface area (Å²) in [6.45, 7) is 0.995. The smallest absolute Gasteiger partial charge is 0.269 e. The Morgan fingerprint density at radius 2 is 1.84 bits per heavy atom. The molecule has 2 rings (SSSR count). The molecule has 1 aromatic heterocycles. The molecule has 136 valence electrons. The maximum Gasteiger partial charge on any atom is 0.269 e. The summed E-state index contributed by atoms with van der Waals surface area (Å²) in [7, 11) is 3.49. The number of hydrogen-bond acceptors (Lipinski definition) is 3. The number of non-ortho nitro benzene ring substituents is 1. The van der Waals surface area contributed by atoms with Crippen molar-refractivity contribution in [2.24, 2.45) is 12.0 Å². The summed E-state index contributed by atoms with van der Waals surface area (Å²) in [5.41, 5.74) is 1.90. The monoisotopic (exact) mass is 497 g/mol. The van der Waals surface area contributed by atoms with Crippen molar-refractivity contribution in [3.63, 3.8) is 0 Å². The number of nitro groups is 1. The molecule has 0 fully saturated rings. The van der Waals surface area contributed by atoms with Gasteiger partial charge in [-0.3, -0.25) is 15.1 Å². The quantitative estimate of drug-likeness (QED) is 0.217. The van der Waals surface area contributed by atoms with Gasteiger partial charge in [0.15, 0.2) is 5.96 Å². The predicted molar refractivity (Wildman–Crippen MR) is 111 cm³/mol. The lowest BCUT2D eigenvalue weighted by Gasteiger charge is -2.12. The normalized spacial score (nSPS) is 11.0. The van der Waals surface area contributed by atoms with Crippen LogP contribution in [0.25, 0.3) is 0 Å². The zero-order valence-electron chi connectivity index (χ0n) is 13.6. The molecule has 10 heteroatoms. The Morgan fingerprint density at radius 3 is 2.32 bits per heavy atom. The minimum absolute atomic E-state index is 0. The number of benzene rings is 1. The van der Waals surface area contributed by atoms with E-state index in [1.165, 1.54) is 12.1 Å². The van der Waals surface area contributed by atoms with Crippen molar-refractivity contribution in [2.45, 2.75) is 13.1 Å². The van der Waals surface area contributed by atoms with E-state index in [0.29, 0.717) is 29.2 Å². The van der Waals surface area contributed by atoms with E-state index in [0.717, 1.165) is 11.3 Å². The number of rotatable bonds is 5. The van der Waals surface area contributed by atoms with Gasteiger partial charge in [0.1, 0.15) is 5.15 Å². The Bertz CT molecular complexity index is 762. The average molecular weight is 498 g/mol. The molecular weight excluding hydrogens is 480 g/mol. The second-order valence-corrected chi connectivity index (χ2v) is 5.80. The van der Waals surface area contributed by atoms with Crippen molar-refractivity contribution in [1.29, 1.82) is 0 Å². The van der Waals surface area contributed by atoms with Crippen molar-refractivity contribution in [2.75, 3.05) is 7.05 Å². The molecule has 0 unspecified atom stereocenters. The molecule has 0 saturated carbocycles. The summed E-state index contributed by atoms with van der Waals surface area (Å²) in [5.74, 6) is 0.599. The number of nitrogens with one attached hydrogen (secondary N) is 2. The third-order valence-electron chi connectivity index (χ3n) is 3.48. The Hall–Kier alpha value is -1.52. The molecule has 0 spiro atoms. The lowest BCUT2D eigenvalue weighted by Crippen LogP contribution is -2.36. The first kappa shape index (κ1) is 21.5. The third kappa shape index (κ3) is 5.75. The van der Waals surface area contributed by atoms with Crippen LogP contribution in [0.3, 0.4) is 0 Å². The highest BCUT2D eigenvalue weighted by molar-refractivity contribution is 14.0. The van der Waals surface area contributed by atoms with Crippen LogP contribution in [0.2, 0.25) is 10.2 Å². The van der Waals surface area contributed by atoms with Gasteiger partial charge < -0.3 is 15.2 Å². The Labute approximate surface area is 172 Å². The third-order valence-corrected chi connectivity index (χ3v) is 4.33. The second kappa shape index (κ2) is 9.83. The molecule has 7 nitrogen and oxygen atoms in total. The van der Waals surface area contributed by atoms with Gasteiger partial charge in [-0.25, -0.2) is 0 Å². The fourth-order valence-corrected chi connectivity index (χ4v) is 2.49. The van der Waals surface area contributed by atoms with E-state index >= 15 is 0 Å². The summed E-state index contributed by atoms with van der Waals surface area (Å²) in [6, 6.07) is 8.15. The lowest BCUT2D eigenvalue weighted by atomic mass is 10.2. The highest BCUT2D eigenvalue weighted by atomic mass is 127. The zero-order chi connectivity index (χ0) is 17.7. The second-order valence-electron chi connectivity index (χ2n) is 5.04. The first-order valence-corrected chi connectivity index (χ1v) is 7.85. The van der Waals surface area contributed by atoms with E-state index in [4.69, 9.17) is 23.2 Å². The van der Waals surface area contributed by atoms with E-state index in [-0.39, 0.29) is 29.7 Å². The van der Waals surface area contributed by atoms with Gasteiger partial charge in [0.25, 0.3) is 5.69 Å². The van der Waals surface area contributed by atoms with Gasteiger partial charge in [-0.2, -0.15) is 0 Å². The fourth-order valence-electron chi connectivity index (χ4n) is 2.07. The summed E-state index contributed by atoms with van der Waals surface area (Å²) < 4.78 is 1.79. The van der Waals surface area contributed by atoms with Gasteiger partial charge in [-0.05, 0) is 11.6 Å². The number of halogens is 3. The van der Waals surface area contributed by atoms with Crippen LogP contribution < -0.4 is 10.6 Å². The van der Waals surface area contributed by atoms with Gasteiger partial charge >= 0.3 is 0 Å². The van der Waals surface area contributed by atoms with Gasteiger partial charge in [0, 0.05) is 38.5 Å². The molecule has 0 aliphatic carbocycles. The molecule has 2 N–H and O–H groups in total. The van der Waals surface area contributed by atoms with Crippen molar-refractivity contribution in [3.05, 3.63) is 61.9 Å². The molecule has 0 atom stereocenters. The molecule has 0 aliphatic heterocycles. The van der Waals surface area contributed by atoms with Crippen LogP contribution in [0.15, 0.2) is 35.3 Å². The maximum atomic E-state index is 10.6. The summed E-state index contributed by atoms with van der Waals surface area (Å²) in [6.07, 6.45) is 0. The zero-order valence-corrected chi connectivity index (χ0v) is 17.5. The van der Waals surface area contributed by atoms with Gasteiger partial charge in [-0.15, -0.1) is 24.0 Å². The Balaban J connectivity index is 0.00000312. The van der Waals surface area contributed by atoms with Crippen LogP contribution >= 0.6 is 47.2 Å². The van der Waals surface area contributed by atoms with Gasteiger partial charge in [-0.1, -0.05) is 35.3 Å². The minimum atomic E-state index is -0.423. The molecule has 2 aromatic rings. The molecule has 0 saturated heterocycles. The molecule has 25 heavy (non-hydrogen) atoms. The first-order valence-electron chi connectivity index (χ1n) is 7.09. The maximum absolute atomic E-state index is 10.6. The molecule has 1 aromatic carbocycles. The van der Waals surface area contributed by atoms with Crippen molar-refractivity contribution in [1.82, 2.24) is 15.2 Å². The van der Waals surface area contributed by atoms with Crippen LogP contribution in [0.1, 0.15) is 11.3 Å². The molecule has 0 amide bonds. The highest BCUT2D eigenvalue weighted by Gasteiger charge is 2.09. The Kier molecular flexibility index (Phi) is 8.46. The standard InChI is InChI=1S/C15H17Cl2N5O2.HI/c1-18-15(20-9-12-7-13(16)14(17)21(12)2)19-8-10-3-5-11(6-4-10)22(23)24;/h3-7H,8-9H2,1-2H3,(H2,18,19,20);1H. The van der Waals surface area contributed by atoms with Crippen LogP contribution in [-0.4, -0.2) is 22.5 Å². The van der Waals surface area contributed by atoms with E-state index in [9.17, 15) is 10.1 Å². The summed E-state index contributed by atoms with van der Waals surface area (Å²) in [4.78, 5) is 14.3. The molecule has 0 radical (unpaired) electrons. The van der Waals surface area contributed by atoms with Gasteiger partial charge in [0.2, 0.25) is 0 Å². The van der Waals surface area contributed by atoms with Crippen molar-refractivity contribution in [3.8, 4) is 0 Å². The summed E-state index contributed by atoms with van der Waals surface area (Å²) >= 11 is 12.0. The molecule has 1 heterocycles. The van der Waals surface area contributed by atoms with Crippen LogP contribution in [0, 0.1) is 10.1 Å². The molecular formula is C15H18Cl2IN5O2. The molecule has 0 bridgehead atoms.